The first kappa shape index (κ1) is 18.9. The van der Waals surface area contributed by atoms with Gasteiger partial charge in [-0.25, -0.2) is 0 Å². The molecule has 27 heavy (non-hydrogen) atoms. The Kier molecular flexibility index (Phi) is 5.17. The predicted octanol–water partition coefficient (Wildman–Crippen LogP) is 3.68. The summed E-state index contributed by atoms with van der Waals surface area (Å²) in [5.41, 5.74) is 2.14. The molecule has 0 unspecified atom stereocenters. The molecule has 1 aliphatic rings. The van der Waals surface area contributed by atoms with Gasteiger partial charge >= 0.3 is 0 Å². The first-order chi connectivity index (χ1) is 12.8. The van der Waals surface area contributed by atoms with Gasteiger partial charge in [0.1, 0.15) is 0 Å². The second kappa shape index (κ2) is 7.39. The van der Waals surface area contributed by atoms with E-state index >= 15 is 0 Å². The second-order valence-corrected chi connectivity index (χ2v) is 7.81. The third-order valence-corrected chi connectivity index (χ3v) is 4.43. The molecule has 0 spiro atoms. The maximum atomic E-state index is 12.8. The minimum absolute atomic E-state index is 0.196. The minimum atomic E-state index is -0.316. The molecule has 0 aliphatic heterocycles. The first-order valence-electron chi connectivity index (χ1n) is 9.21. The number of nitrogens with zero attached hydrogens (tertiary/aromatic N) is 2. The van der Waals surface area contributed by atoms with Gasteiger partial charge in [0.25, 0.3) is 11.8 Å². The van der Waals surface area contributed by atoms with Crippen molar-refractivity contribution in [3.8, 4) is 0 Å². The van der Waals surface area contributed by atoms with Crippen molar-refractivity contribution in [1.29, 1.82) is 0 Å². The lowest BCUT2D eigenvalue weighted by Crippen LogP contribution is -2.26. The quantitative estimate of drug-likeness (QED) is 0.766. The average molecular weight is 366 g/mol. The van der Waals surface area contributed by atoms with Crippen molar-refractivity contribution in [3.63, 3.8) is 0 Å². The van der Waals surface area contributed by atoms with Crippen molar-refractivity contribution in [3.05, 3.63) is 59.9 Å². The van der Waals surface area contributed by atoms with E-state index in [-0.39, 0.29) is 17.4 Å². The van der Waals surface area contributed by atoms with E-state index in [0.717, 1.165) is 18.5 Å². The fourth-order valence-corrected chi connectivity index (χ4v) is 2.95. The highest BCUT2D eigenvalue weighted by Crippen LogP contribution is 2.41. The molecule has 2 aromatic rings. The van der Waals surface area contributed by atoms with E-state index in [1.54, 1.807) is 30.3 Å². The summed E-state index contributed by atoms with van der Waals surface area (Å²) in [5.74, 6) is -0.0937. The van der Waals surface area contributed by atoms with Gasteiger partial charge in [-0.2, -0.15) is 5.10 Å². The molecule has 6 nitrogen and oxygen atoms in total. The Morgan fingerprint density at radius 1 is 1.26 bits per heavy atom. The third kappa shape index (κ3) is 4.27. The lowest BCUT2D eigenvalue weighted by Gasteiger charge is -2.22. The smallest absolute Gasteiger partial charge is 0.276 e. The van der Waals surface area contributed by atoms with Crippen molar-refractivity contribution >= 4 is 17.5 Å². The average Bonchev–Trinajstić information content (AvgIpc) is 3.36. The Morgan fingerprint density at radius 2 is 1.96 bits per heavy atom. The number of para-hydroxylation sites is 1. The Bertz CT molecular complexity index is 873. The molecule has 1 saturated carbocycles. The Hall–Kier alpha value is -2.89. The van der Waals surface area contributed by atoms with E-state index in [1.807, 2.05) is 10.7 Å². The number of aromatic nitrogens is 2. The van der Waals surface area contributed by atoms with Crippen LogP contribution < -0.4 is 10.6 Å². The molecule has 0 atom stereocenters. The van der Waals surface area contributed by atoms with Crippen molar-refractivity contribution in [2.24, 2.45) is 0 Å². The number of hydrogen-bond acceptors (Lipinski definition) is 3. The summed E-state index contributed by atoms with van der Waals surface area (Å²) in [5, 5.41) is 10.1. The van der Waals surface area contributed by atoms with Crippen LogP contribution in [0.1, 0.15) is 66.1 Å². The summed E-state index contributed by atoms with van der Waals surface area (Å²) >= 11 is 0. The monoisotopic (exact) mass is 366 g/mol. The summed E-state index contributed by atoms with van der Waals surface area (Å²) in [7, 11) is 0. The lowest BCUT2D eigenvalue weighted by atomic mass is 10.1. The third-order valence-electron chi connectivity index (χ3n) is 4.43. The highest BCUT2D eigenvalue weighted by atomic mass is 16.2. The summed E-state index contributed by atoms with van der Waals surface area (Å²) in [4.78, 5) is 25.1. The molecule has 0 saturated heterocycles. The number of rotatable bonds is 6. The van der Waals surface area contributed by atoms with Crippen molar-refractivity contribution in [2.45, 2.75) is 45.1 Å². The number of benzene rings is 1. The number of anilines is 1. The van der Waals surface area contributed by atoms with Gasteiger partial charge in [-0.3, -0.25) is 14.3 Å². The Morgan fingerprint density at radius 3 is 2.59 bits per heavy atom. The molecule has 1 aromatic heterocycles. The molecule has 0 bridgehead atoms. The standard InChI is InChI=1S/C21H26N4O2/c1-5-12-22-19(26)15-8-6-7-9-16(15)23-20(27)17-13-18(14-10-11-14)25(24-17)21(2,3)4/h5-9,13-14H,1,10-12H2,2-4H3,(H,22,26)(H,23,27). The van der Waals surface area contributed by atoms with Crippen LogP contribution in [0.4, 0.5) is 5.69 Å². The van der Waals surface area contributed by atoms with E-state index in [2.05, 4.69) is 43.1 Å². The van der Waals surface area contributed by atoms with E-state index in [1.165, 1.54) is 0 Å². The van der Waals surface area contributed by atoms with Crippen LogP contribution in [0, 0.1) is 0 Å². The van der Waals surface area contributed by atoms with Gasteiger partial charge < -0.3 is 10.6 Å². The molecule has 2 N–H and O–H groups in total. The first-order valence-corrected chi connectivity index (χ1v) is 9.21. The van der Waals surface area contributed by atoms with Gasteiger partial charge in [0, 0.05) is 18.2 Å². The maximum Gasteiger partial charge on any atom is 0.276 e. The molecule has 1 heterocycles. The SMILES string of the molecule is C=CCNC(=O)c1ccccc1NC(=O)c1cc(C2CC2)n(C(C)(C)C)n1. The zero-order valence-electron chi connectivity index (χ0n) is 16.1. The zero-order valence-corrected chi connectivity index (χ0v) is 16.1. The summed E-state index contributed by atoms with van der Waals surface area (Å²) in [6.45, 7) is 10.2. The number of amides is 2. The molecule has 1 aromatic carbocycles. The Labute approximate surface area is 159 Å². The maximum absolute atomic E-state index is 12.8. The molecule has 1 aliphatic carbocycles. The van der Waals surface area contributed by atoms with Crippen molar-refractivity contribution in [1.82, 2.24) is 15.1 Å². The molecule has 0 radical (unpaired) electrons. The van der Waals surface area contributed by atoms with Crippen LogP contribution in [0.2, 0.25) is 0 Å². The van der Waals surface area contributed by atoms with Gasteiger partial charge in [-0.05, 0) is 51.8 Å². The number of nitrogens with one attached hydrogen (secondary N) is 2. The normalized spacial score (nSPS) is 13.9. The van der Waals surface area contributed by atoms with Gasteiger partial charge in [0.2, 0.25) is 0 Å². The summed E-state index contributed by atoms with van der Waals surface area (Å²) < 4.78 is 1.95. The molecular formula is C21H26N4O2. The fourth-order valence-electron chi connectivity index (χ4n) is 2.95. The van der Waals surface area contributed by atoms with Crippen LogP contribution >= 0.6 is 0 Å². The molecule has 142 valence electrons. The van der Waals surface area contributed by atoms with Crippen LogP contribution in [-0.4, -0.2) is 28.1 Å². The summed E-state index contributed by atoms with van der Waals surface area (Å²) in [6, 6.07) is 8.81. The van der Waals surface area contributed by atoms with Gasteiger partial charge in [-0.1, -0.05) is 18.2 Å². The Balaban J connectivity index is 1.84. The molecule has 1 fully saturated rings. The second-order valence-electron chi connectivity index (χ2n) is 7.81. The summed E-state index contributed by atoms with van der Waals surface area (Å²) in [6.07, 6.45) is 3.88. The highest BCUT2D eigenvalue weighted by Gasteiger charge is 2.32. The van der Waals surface area contributed by atoms with E-state index < -0.39 is 0 Å². The van der Waals surface area contributed by atoms with Crippen LogP contribution in [0.25, 0.3) is 0 Å². The largest absolute Gasteiger partial charge is 0.349 e. The molecular weight excluding hydrogens is 340 g/mol. The van der Waals surface area contributed by atoms with Gasteiger partial charge in [-0.15, -0.1) is 6.58 Å². The van der Waals surface area contributed by atoms with Gasteiger partial charge in [0.15, 0.2) is 5.69 Å². The predicted molar refractivity (Wildman–Crippen MR) is 106 cm³/mol. The van der Waals surface area contributed by atoms with E-state index in [9.17, 15) is 9.59 Å². The minimum Gasteiger partial charge on any atom is -0.349 e. The highest BCUT2D eigenvalue weighted by molar-refractivity contribution is 6.08. The molecule has 6 heteroatoms. The topological polar surface area (TPSA) is 76.0 Å². The number of hydrogen-bond donors (Lipinski definition) is 2. The molecule has 2 amide bonds. The van der Waals surface area contributed by atoms with Crippen LogP contribution in [-0.2, 0) is 5.54 Å². The lowest BCUT2D eigenvalue weighted by molar-refractivity contribution is 0.0959. The van der Waals surface area contributed by atoms with Gasteiger partial charge in [0.05, 0.1) is 16.8 Å². The van der Waals surface area contributed by atoms with E-state index in [0.29, 0.717) is 29.4 Å². The molecule has 3 rings (SSSR count). The van der Waals surface area contributed by atoms with Crippen molar-refractivity contribution < 1.29 is 9.59 Å². The number of carbonyl (C=O) groups is 2. The van der Waals surface area contributed by atoms with Crippen molar-refractivity contribution in [2.75, 3.05) is 11.9 Å². The van der Waals surface area contributed by atoms with Crippen LogP contribution in [0.3, 0.4) is 0 Å². The van der Waals surface area contributed by atoms with Crippen LogP contribution in [0.5, 0.6) is 0 Å². The fraction of sp³-hybridized carbons (Fsp3) is 0.381. The zero-order chi connectivity index (χ0) is 19.6. The van der Waals surface area contributed by atoms with E-state index in [4.69, 9.17) is 0 Å². The van der Waals surface area contributed by atoms with Crippen LogP contribution in [0.15, 0.2) is 43.0 Å². The number of carbonyl (C=O) groups excluding carboxylic acids is 2.